The van der Waals surface area contributed by atoms with Crippen LogP contribution in [0.4, 0.5) is 0 Å². The SMILES string of the molecule is CNC(CNC(=O)C(Cl)CCl)(NC)NC. The first kappa shape index (κ1) is 14.9. The number of hydrogen-bond acceptors (Lipinski definition) is 4. The lowest BCUT2D eigenvalue weighted by Gasteiger charge is -2.33. The second-order valence-electron chi connectivity index (χ2n) is 2.99. The minimum Gasteiger partial charge on any atom is -0.350 e. The molecule has 0 saturated heterocycles. The molecule has 0 aromatic carbocycles. The molecule has 1 atom stereocenters. The van der Waals surface area contributed by atoms with Gasteiger partial charge in [-0.25, -0.2) is 0 Å². The third-order valence-electron chi connectivity index (χ3n) is 2.23. The Morgan fingerprint density at radius 1 is 1.27 bits per heavy atom. The predicted octanol–water partition coefficient (Wildman–Crippen LogP) is -0.739. The van der Waals surface area contributed by atoms with Gasteiger partial charge in [0.2, 0.25) is 5.91 Å². The number of alkyl halides is 2. The highest BCUT2D eigenvalue weighted by Crippen LogP contribution is 1.99. The van der Waals surface area contributed by atoms with Crippen molar-refractivity contribution in [2.45, 2.75) is 11.2 Å². The molecule has 7 heteroatoms. The van der Waals surface area contributed by atoms with Gasteiger partial charge in [-0.3, -0.25) is 20.7 Å². The molecule has 4 N–H and O–H groups in total. The van der Waals surface area contributed by atoms with Crippen molar-refractivity contribution >= 4 is 29.1 Å². The molecule has 5 nitrogen and oxygen atoms in total. The molecule has 0 aliphatic rings. The van der Waals surface area contributed by atoms with E-state index in [1.165, 1.54) is 0 Å². The van der Waals surface area contributed by atoms with E-state index in [1.54, 1.807) is 21.1 Å². The summed E-state index contributed by atoms with van der Waals surface area (Å²) in [7, 11) is 5.33. The van der Waals surface area contributed by atoms with Crippen LogP contribution in [0.2, 0.25) is 0 Å². The van der Waals surface area contributed by atoms with Crippen LogP contribution in [0.1, 0.15) is 0 Å². The van der Waals surface area contributed by atoms with Crippen LogP contribution in [0.5, 0.6) is 0 Å². The molecule has 0 aromatic heterocycles. The smallest absolute Gasteiger partial charge is 0.239 e. The zero-order chi connectivity index (χ0) is 11.9. The second kappa shape index (κ2) is 7.24. The van der Waals surface area contributed by atoms with Gasteiger partial charge >= 0.3 is 0 Å². The number of hydrogen-bond donors (Lipinski definition) is 4. The van der Waals surface area contributed by atoms with E-state index >= 15 is 0 Å². The Bertz CT molecular complexity index is 191. The third-order valence-corrected chi connectivity index (χ3v) is 3.05. The van der Waals surface area contributed by atoms with Crippen LogP contribution in [0.15, 0.2) is 0 Å². The number of carbonyl (C=O) groups excluding carboxylic acids is 1. The van der Waals surface area contributed by atoms with Crippen LogP contribution in [0.25, 0.3) is 0 Å². The van der Waals surface area contributed by atoms with Crippen molar-refractivity contribution in [1.29, 1.82) is 0 Å². The summed E-state index contributed by atoms with van der Waals surface area (Å²) in [5, 5.41) is 11.0. The Morgan fingerprint density at radius 2 is 1.73 bits per heavy atom. The van der Waals surface area contributed by atoms with E-state index in [0.29, 0.717) is 6.54 Å². The van der Waals surface area contributed by atoms with Crippen molar-refractivity contribution in [1.82, 2.24) is 21.3 Å². The molecule has 0 heterocycles. The molecular weight excluding hydrogens is 239 g/mol. The van der Waals surface area contributed by atoms with Crippen molar-refractivity contribution in [3.8, 4) is 0 Å². The highest BCUT2D eigenvalue weighted by Gasteiger charge is 2.25. The Kier molecular flexibility index (Phi) is 7.21. The highest BCUT2D eigenvalue weighted by atomic mass is 35.5. The summed E-state index contributed by atoms with van der Waals surface area (Å²) in [6, 6.07) is 0. The Morgan fingerprint density at radius 3 is 2.07 bits per heavy atom. The van der Waals surface area contributed by atoms with E-state index in [-0.39, 0.29) is 11.8 Å². The van der Waals surface area contributed by atoms with Gasteiger partial charge < -0.3 is 5.32 Å². The van der Waals surface area contributed by atoms with Gasteiger partial charge in [0.25, 0.3) is 0 Å². The standard InChI is InChI=1S/C8H18Cl2N4O/c1-11-8(12-2,13-3)5-14-7(15)6(10)4-9/h6,11-13H,4-5H2,1-3H3,(H,14,15). The van der Waals surface area contributed by atoms with Crippen LogP contribution >= 0.6 is 23.2 Å². The summed E-state index contributed by atoms with van der Waals surface area (Å²) < 4.78 is 0. The van der Waals surface area contributed by atoms with Gasteiger partial charge in [0.15, 0.2) is 0 Å². The van der Waals surface area contributed by atoms with Gasteiger partial charge in [-0.1, -0.05) is 0 Å². The van der Waals surface area contributed by atoms with Crippen molar-refractivity contribution in [3.05, 3.63) is 0 Å². The molecule has 0 saturated carbocycles. The monoisotopic (exact) mass is 256 g/mol. The fourth-order valence-corrected chi connectivity index (χ4v) is 1.26. The summed E-state index contributed by atoms with van der Waals surface area (Å²) in [4.78, 5) is 11.4. The Hall–Kier alpha value is -0.0700. The van der Waals surface area contributed by atoms with Crippen LogP contribution in [0.3, 0.4) is 0 Å². The third kappa shape index (κ3) is 4.53. The van der Waals surface area contributed by atoms with E-state index in [1.807, 2.05) is 0 Å². The number of halogens is 2. The Labute approximate surface area is 100 Å². The molecule has 1 amide bonds. The maximum atomic E-state index is 11.4. The molecule has 0 aromatic rings. The molecule has 0 radical (unpaired) electrons. The molecule has 0 aliphatic carbocycles. The number of likely N-dealkylation sites (N-methyl/N-ethyl adjacent to an activating group) is 3. The largest absolute Gasteiger partial charge is 0.350 e. The fraction of sp³-hybridized carbons (Fsp3) is 0.875. The van der Waals surface area contributed by atoms with Gasteiger partial charge in [0.05, 0.1) is 6.54 Å². The first-order chi connectivity index (χ1) is 7.05. The molecule has 0 aliphatic heterocycles. The summed E-state index contributed by atoms with van der Waals surface area (Å²) in [5.41, 5.74) is 0. The second-order valence-corrected chi connectivity index (χ2v) is 3.83. The number of amides is 1. The van der Waals surface area contributed by atoms with Crippen molar-refractivity contribution < 1.29 is 4.79 Å². The average Bonchev–Trinajstić information content (AvgIpc) is 2.30. The maximum Gasteiger partial charge on any atom is 0.239 e. The normalized spacial score (nSPS) is 13.7. The lowest BCUT2D eigenvalue weighted by molar-refractivity contribution is -0.120. The van der Waals surface area contributed by atoms with Gasteiger partial charge in [0.1, 0.15) is 11.2 Å². The number of carbonyl (C=O) groups is 1. The van der Waals surface area contributed by atoms with Crippen LogP contribution in [-0.2, 0) is 4.79 Å². The van der Waals surface area contributed by atoms with Gasteiger partial charge in [0, 0.05) is 5.88 Å². The van der Waals surface area contributed by atoms with E-state index in [9.17, 15) is 4.79 Å². The van der Waals surface area contributed by atoms with Crippen molar-refractivity contribution in [3.63, 3.8) is 0 Å². The summed E-state index contributed by atoms with van der Waals surface area (Å²) in [6.45, 7) is 0.357. The average molecular weight is 257 g/mol. The van der Waals surface area contributed by atoms with E-state index < -0.39 is 11.2 Å². The van der Waals surface area contributed by atoms with Crippen molar-refractivity contribution in [2.24, 2.45) is 0 Å². The lowest BCUT2D eigenvalue weighted by Crippen LogP contribution is -2.68. The van der Waals surface area contributed by atoms with Crippen LogP contribution < -0.4 is 21.3 Å². The molecule has 1 unspecified atom stereocenters. The fourth-order valence-electron chi connectivity index (χ4n) is 1.04. The quantitative estimate of drug-likeness (QED) is 0.358. The van der Waals surface area contributed by atoms with Gasteiger partial charge in [-0.15, -0.1) is 23.2 Å². The van der Waals surface area contributed by atoms with Crippen LogP contribution in [0, 0.1) is 0 Å². The maximum absolute atomic E-state index is 11.4. The van der Waals surface area contributed by atoms with E-state index in [4.69, 9.17) is 23.2 Å². The topological polar surface area (TPSA) is 65.2 Å². The van der Waals surface area contributed by atoms with Gasteiger partial charge in [-0.05, 0) is 21.1 Å². The first-order valence-electron chi connectivity index (χ1n) is 4.59. The summed E-state index contributed by atoms with van der Waals surface area (Å²) in [6.07, 6.45) is 0. The van der Waals surface area contributed by atoms with Crippen molar-refractivity contribution in [2.75, 3.05) is 33.6 Å². The molecule has 15 heavy (non-hydrogen) atoms. The number of rotatable bonds is 7. The summed E-state index contributed by atoms with van der Waals surface area (Å²) >= 11 is 11.1. The predicted molar refractivity (Wildman–Crippen MR) is 63.3 cm³/mol. The zero-order valence-electron chi connectivity index (χ0n) is 9.16. The van der Waals surface area contributed by atoms with E-state index in [0.717, 1.165) is 0 Å². The lowest BCUT2D eigenvalue weighted by atomic mass is 10.3. The molecule has 0 rings (SSSR count). The Balaban J connectivity index is 4.16. The molecule has 0 spiro atoms. The highest BCUT2D eigenvalue weighted by molar-refractivity contribution is 6.36. The van der Waals surface area contributed by atoms with Gasteiger partial charge in [-0.2, -0.15) is 0 Å². The number of nitrogens with one attached hydrogen (secondary N) is 4. The van der Waals surface area contributed by atoms with Crippen LogP contribution in [-0.4, -0.2) is 50.6 Å². The molecule has 90 valence electrons. The zero-order valence-corrected chi connectivity index (χ0v) is 10.7. The minimum absolute atomic E-state index is 0.0963. The molecule has 0 fully saturated rings. The minimum atomic E-state index is -0.699. The molecular formula is C8H18Cl2N4O. The summed E-state index contributed by atoms with van der Waals surface area (Å²) in [5.74, 6) is -0.728. The first-order valence-corrected chi connectivity index (χ1v) is 5.56. The molecule has 0 bridgehead atoms. The van der Waals surface area contributed by atoms with E-state index in [2.05, 4.69) is 21.3 Å².